The molecule has 0 aromatic heterocycles. The van der Waals surface area contributed by atoms with Gasteiger partial charge in [-0.15, -0.1) is 6.58 Å². The fourth-order valence-electron chi connectivity index (χ4n) is 4.86. The zero-order valence-electron chi connectivity index (χ0n) is 23.0. The van der Waals surface area contributed by atoms with Gasteiger partial charge >= 0.3 is 6.09 Å². The average Bonchev–Trinajstić information content (AvgIpc) is 2.98. The Morgan fingerprint density at radius 1 is 1.05 bits per heavy atom. The van der Waals surface area contributed by atoms with Crippen LogP contribution >= 0.6 is 0 Å². The summed E-state index contributed by atoms with van der Waals surface area (Å²) >= 11 is 0. The number of aliphatic hydroxyl groups excluding tert-OH is 2. The molecule has 1 aliphatic rings. The van der Waals surface area contributed by atoms with Crippen LogP contribution in [-0.2, 0) is 33.9 Å². The van der Waals surface area contributed by atoms with Crippen LogP contribution in [0.1, 0.15) is 48.8 Å². The van der Waals surface area contributed by atoms with Crippen LogP contribution in [0.25, 0.3) is 0 Å². The summed E-state index contributed by atoms with van der Waals surface area (Å²) in [4.78, 5) is 39.9. The molecule has 2 aromatic rings. The predicted octanol–water partition coefficient (Wildman–Crippen LogP) is 3.09. The maximum Gasteiger partial charge on any atom is 0.407 e. The molecule has 0 saturated carbocycles. The number of carbonyl (C=O) groups is 3. The Balaban J connectivity index is 1.42. The summed E-state index contributed by atoms with van der Waals surface area (Å²) in [5, 5.41) is 25.3. The number of nitrogens with zero attached hydrogens (tertiary/aromatic N) is 1. The van der Waals surface area contributed by atoms with Gasteiger partial charge in [0.2, 0.25) is 11.8 Å². The number of unbranched alkanes of at least 4 members (excludes halogenated alkanes) is 1. The first-order chi connectivity index (χ1) is 19.4. The first-order valence-corrected chi connectivity index (χ1v) is 13.9. The number of carbonyl (C=O) groups excluding carboxylic acids is 3. The van der Waals surface area contributed by atoms with Crippen LogP contribution in [0, 0.1) is 5.92 Å². The van der Waals surface area contributed by atoms with E-state index in [1.54, 1.807) is 11.0 Å². The summed E-state index contributed by atoms with van der Waals surface area (Å²) in [6.45, 7) is 4.37. The fourth-order valence-corrected chi connectivity index (χ4v) is 4.86. The van der Waals surface area contributed by atoms with Gasteiger partial charge in [0.15, 0.2) is 0 Å². The van der Waals surface area contributed by atoms with Crippen LogP contribution in [0.3, 0.4) is 0 Å². The normalized spacial score (nSPS) is 15.8. The predicted molar refractivity (Wildman–Crippen MR) is 152 cm³/mol. The molecule has 216 valence electrons. The lowest BCUT2D eigenvalue weighted by molar-refractivity contribution is -0.140. The molecule has 2 aromatic carbocycles. The molecular weight excluding hydrogens is 510 g/mol. The van der Waals surface area contributed by atoms with Crippen LogP contribution in [-0.4, -0.2) is 64.9 Å². The number of ether oxygens (including phenoxy) is 1. The summed E-state index contributed by atoms with van der Waals surface area (Å²) in [6.07, 6.45) is 3.84. The van der Waals surface area contributed by atoms with Crippen molar-refractivity contribution < 1.29 is 29.3 Å². The van der Waals surface area contributed by atoms with E-state index in [4.69, 9.17) is 4.74 Å². The standard InChI is InChI=1S/C31H41N3O6/c1-2-10-25(18-29(37)34-19-26-14-7-6-13-24(26)17-28(34)21-36)30(38)33-27(20-35)15-8-9-16-32-31(39)40-22-23-11-4-3-5-12-23/h2-7,11-14,25,27-28,35-36H,1,8-10,15-22H2,(H,32,39)(H,33,38)/t25-,27-,28-/m0/s1. The molecule has 0 radical (unpaired) electrons. The molecule has 0 saturated heterocycles. The van der Waals surface area contributed by atoms with Crippen molar-refractivity contribution >= 4 is 17.9 Å². The Labute approximate surface area is 236 Å². The number of alkyl carbamates (subject to hydrolysis) is 1. The van der Waals surface area contributed by atoms with Gasteiger partial charge in [0.05, 0.1) is 31.2 Å². The van der Waals surface area contributed by atoms with Gasteiger partial charge in [-0.25, -0.2) is 4.79 Å². The highest BCUT2D eigenvalue weighted by Gasteiger charge is 2.32. The number of aliphatic hydroxyl groups is 2. The molecule has 3 amide bonds. The number of nitrogens with one attached hydrogen (secondary N) is 2. The Hall–Kier alpha value is -3.69. The number of fused-ring (bicyclic) bond motifs is 1. The van der Waals surface area contributed by atoms with Crippen molar-refractivity contribution in [3.63, 3.8) is 0 Å². The van der Waals surface area contributed by atoms with Gasteiger partial charge in [0, 0.05) is 19.5 Å². The Kier molecular flexibility index (Phi) is 12.7. The second-order valence-corrected chi connectivity index (χ2v) is 10.1. The fraction of sp³-hybridized carbons (Fsp3) is 0.452. The molecule has 1 heterocycles. The summed E-state index contributed by atoms with van der Waals surface area (Å²) in [6, 6.07) is 16.5. The van der Waals surface area contributed by atoms with Crippen molar-refractivity contribution in [1.82, 2.24) is 15.5 Å². The van der Waals surface area contributed by atoms with Gasteiger partial charge in [-0.2, -0.15) is 0 Å². The lowest BCUT2D eigenvalue weighted by atomic mass is 9.92. The number of rotatable bonds is 15. The molecule has 40 heavy (non-hydrogen) atoms. The molecule has 0 spiro atoms. The minimum Gasteiger partial charge on any atom is -0.445 e. The SMILES string of the molecule is C=CC[C@@H](CC(=O)N1Cc2ccccc2C[C@H]1CO)C(=O)N[C@H](CO)CCCCNC(=O)OCc1ccccc1. The van der Waals surface area contributed by atoms with E-state index in [0.717, 1.165) is 16.7 Å². The van der Waals surface area contributed by atoms with Crippen LogP contribution in [0.15, 0.2) is 67.3 Å². The molecule has 0 unspecified atom stereocenters. The first kappa shape index (κ1) is 30.8. The van der Waals surface area contributed by atoms with Crippen LogP contribution in [0.2, 0.25) is 0 Å². The highest BCUT2D eigenvalue weighted by molar-refractivity contribution is 5.86. The smallest absolute Gasteiger partial charge is 0.407 e. The summed E-state index contributed by atoms with van der Waals surface area (Å²) < 4.78 is 5.19. The summed E-state index contributed by atoms with van der Waals surface area (Å²) in [7, 11) is 0. The van der Waals surface area contributed by atoms with Crippen LogP contribution in [0.4, 0.5) is 4.79 Å². The zero-order valence-corrected chi connectivity index (χ0v) is 23.0. The minimum absolute atomic E-state index is 0.0102. The number of hydrogen-bond donors (Lipinski definition) is 4. The minimum atomic E-state index is -0.628. The number of amides is 3. The highest BCUT2D eigenvalue weighted by atomic mass is 16.5. The molecule has 3 rings (SSSR count). The number of allylic oxidation sites excluding steroid dienone is 1. The molecule has 3 atom stereocenters. The largest absolute Gasteiger partial charge is 0.445 e. The van der Waals surface area contributed by atoms with Gasteiger partial charge in [0.1, 0.15) is 6.61 Å². The van der Waals surface area contributed by atoms with Crippen molar-refractivity contribution in [2.45, 2.75) is 63.8 Å². The van der Waals surface area contributed by atoms with E-state index in [2.05, 4.69) is 17.2 Å². The zero-order chi connectivity index (χ0) is 28.7. The highest BCUT2D eigenvalue weighted by Crippen LogP contribution is 2.25. The maximum absolute atomic E-state index is 13.3. The van der Waals surface area contributed by atoms with Crippen LogP contribution < -0.4 is 10.6 Å². The van der Waals surface area contributed by atoms with Crippen molar-refractivity contribution in [2.24, 2.45) is 5.92 Å². The number of benzene rings is 2. The molecule has 0 aliphatic carbocycles. The van der Waals surface area contributed by atoms with Gasteiger partial charge in [-0.05, 0) is 48.8 Å². The van der Waals surface area contributed by atoms with E-state index in [0.29, 0.717) is 45.2 Å². The van der Waals surface area contributed by atoms with E-state index in [9.17, 15) is 24.6 Å². The monoisotopic (exact) mass is 551 g/mol. The van der Waals surface area contributed by atoms with Crippen molar-refractivity contribution in [3.05, 3.63) is 83.9 Å². The average molecular weight is 552 g/mol. The molecule has 4 N–H and O–H groups in total. The Morgan fingerprint density at radius 3 is 2.48 bits per heavy atom. The topological polar surface area (TPSA) is 128 Å². The van der Waals surface area contributed by atoms with E-state index >= 15 is 0 Å². The molecular formula is C31H41N3O6. The van der Waals surface area contributed by atoms with Gasteiger partial charge in [0.25, 0.3) is 0 Å². The second-order valence-electron chi connectivity index (χ2n) is 10.1. The molecule has 0 bridgehead atoms. The van der Waals surface area contributed by atoms with Crippen molar-refractivity contribution in [2.75, 3.05) is 19.8 Å². The Bertz CT molecular complexity index is 1110. The van der Waals surface area contributed by atoms with E-state index in [1.807, 2.05) is 54.6 Å². The van der Waals surface area contributed by atoms with Gasteiger partial charge < -0.3 is 30.5 Å². The third-order valence-electron chi connectivity index (χ3n) is 7.16. The van der Waals surface area contributed by atoms with E-state index in [-0.39, 0.29) is 44.1 Å². The number of hydrogen-bond acceptors (Lipinski definition) is 6. The maximum atomic E-state index is 13.3. The van der Waals surface area contributed by atoms with Crippen molar-refractivity contribution in [3.8, 4) is 0 Å². The van der Waals surface area contributed by atoms with Gasteiger partial charge in [-0.3, -0.25) is 9.59 Å². The first-order valence-electron chi connectivity index (χ1n) is 13.9. The molecule has 9 heteroatoms. The summed E-state index contributed by atoms with van der Waals surface area (Å²) in [5.74, 6) is -1.13. The molecule has 0 fully saturated rings. The van der Waals surface area contributed by atoms with Crippen LogP contribution in [0.5, 0.6) is 0 Å². The quantitative estimate of drug-likeness (QED) is 0.199. The third kappa shape index (κ3) is 9.50. The van der Waals surface area contributed by atoms with E-state index < -0.39 is 18.1 Å². The lowest BCUT2D eigenvalue weighted by Crippen LogP contribution is -2.48. The third-order valence-corrected chi connectivity index (χ3v) is 7.16. The molecule has 9 nitrogen and oxygen atoms in total. The van der Waals surface area contributed by atoms with Crippen molar-refractivity contribution in [1.29, 1.82) is 0 Å². The molecule has 1 aliphatic heterocycles. The second kappa shape index (κ2) is 16.4. The lowest BCUT2D eigenvalue weighted by Gasteiger charge is -2.36. The van der Waals surface area contributed by atoms with E-state index in [1.165, 1.54) is 0 Å². The van der Waals surface area contributed by atoms with Gasteiger partial charge in [-0.1, -0.05) is 60.7 Å². The summed E-state index contributed by atoms with van der Waals surface area (Å²) in [5.41, 5.74) is 3.07. The Morgan fingerprint density at radius 2 is 1.77 bits per heavy atom.